The van der Waals surface area contributed by atoms with Gasteiger partial charge in [-0.1, -0.05) is 0 Å². The van der Waals surface area contributed by atoms with E-state index in [-0.39, 0.29) is 11.5 Å². The van der Waals surface area contributed by atoms with Crippen molar-refractivity contribution in [3.05, 3.63) is 33.9 Å². The normalized spacial score (nSPS) is 10.1. The van der Waals surface area contributed by atoms with E-state index in [0.29, 0.717) is 24.3 Å². The van der Waals surface area contributed by atoms with Gasteiger partial charge in [0.05, 0.1) is 17.6 Å². The Labute approximate surface area is 106 Å². The average Bonchev–Trinajstić information content (AvgIpc) is 2.30. The Hall–Kier alpha value is -1.91. The highest BCUT2D eigenvalue weighted by atomic mass is 16.6. The molecule has 5 nitrogen and oxygen atoms in total. The minimum absolute atomic E-state index is 0.0660. The van der Waals surface area contributed by atoms with Gasteiger partial charge in [0.25, 0.3) is 5.69 Å². The quantitative estimate of drug-likeness (QED) is 0.424. The number of carbonyl (C=O) groups excluding carboxylic acids is 1. The van der Waals surface area contributed by atoms with Crippen LogP contribution in [0.25, 0.3) is 0 Å². The third kappa shape index (κ3) is 4.53. The summed E-state index contributed by atoms with van der Waals surface area (Å²) in [6, 6.07) is 4.82. The molecule has 0 aliphatic heterocycles. The summed E-state index contributed by atoms with van der Waals surface area (Å²) < 4.78 is 5.42. The van der Waals surface area contributed by atoms with Crippen molar-refractivity contribution in [1.29, 1.82) is 0 Å². The number of rotatable bonds is 7. The molecule has 1 aromatic carbocycles. The van der Waals surface area contributed by atoms with Gasteiger partial charge in [0.15, 0.2) is 0 Å². The maximum Gasteiger partial charge on any atom is 0.275 e. The molecule has 0 atom stereocenters. The van der Waals surface area contributed by atoms with Gasteiger partial charge in [-0.3, -0.25) is 10.1 Å². The van der Waals surface area contributed by atoms with Crippen LogP contribution in [0.2, 0.25) is 0 Å². The maximum atomic E-state index is 10.7. The molecule has 0 bridgehead atoms. The Morgan fingerprint density at radius 3 is 2.72 bits per heavy atom. The van der Waals surface area contributed by atoms with Crippen LogP contribution < -0.4 is 4.74 Å². The van der Waals surface area contributed by atoms with Crippen LogP contribution in [-0.4, -0.2) is 17.3 Å². The summed E-state index contributed by atoms with van der Waals surface area (Å²) in [5.74, 6) is 0.663. The Morgan fingerprint density at radius 2 is 2.11 bits per heavy atom. The molecule has 0 unspecified atom stereocenters. The molecule has 0 aliphatic rings. The van der Waals surface area contributed by atoms with Gasteiger partial charge in [0.1, 0.15) is 11.5 Å². The van der Waals surface area contributed by atoms with E-state index < -0.39 is 4.92 Å². The minimum atomic E-state index is -0.419. The molecule has 0 radical (unpaired) electrons. The van der Waals surface area contributed by atoms with Crippen LogP contribution in [-0.2, 0) is 4.79 Å². The maximum absolute atomic E-state index is 10.7. The minimum Gasteiger partial charge on any atom is -0.493 e. The van der Waals surface area contributed by atoms with Crippen LogP contribution in [0, 0.1) is 17.0 Å². The summed E-state index contributed by atoms with van der Waals surface area (Å²) in [5.41, 5.74) is 0.681. The number of Topliss-reactive ketones (excluding diaryl/α,β-unsaturated/α-hetero) is 1. The van der Waals surface area contributed by atoms with E-state index in [0.717, 1.165) is 12.8 Å². The van der Waals surface area contributed by atoms with Crippen molar-refractivity contribution >= 4 is 11.5 Å². The molecule has 0 amide bonds. The second-order valence-electron chi connectivity index (χ2n) is 4.21. The number of hydrogen-bond acceptors (Lipinski definition) is 4. The molecule has 0 N–H and O–H groups in total. The van der Waals surface area contributed by atoms with E-state index in [2.05, 4.69) is 0 Å². The summed E-state index contributed by atoms with van der Waals surface area (Å²) in [6.45, 7) is 3.71. The summed E-state index contributed by atoms with van der Waals surface area (Å²) >= 11 is 0. The Balaban J connectivity index is 2.45. The zero-order valence-corrected chi connectivity index (χ0v) is 10.6. The van der Waals surface area contributed by atoms with Gasteiger partial charge in [-0.15, -0.1) is 0 Å². The van der Waals surface area contributed by atoms with Crippen LogP contribution in [0.15, 0.2) is 18.2 Å². The highest BCUT2D eigenvalue weighted by Gasteiger charge is 2.11. The van der Waals surface area contributed by atoms with Gasteiger partial charge in [0.2, 0.25) is 0 Å². The molecule has 0 aromatic heterocycles. The third-order valence-electron chi connectivity index (χ3n) is 2.57. The lowest BCUT2D eigenvalue weighted by molar-refractivity contribution is -0.385. The van der Waals surface area contributed by atoms with Crippen LogP contribution in [0.5, 0.6) is 5.75 Å². The van der Waals surface area contributed by atoms with Crippen LogP contribution in [0.1, 0.15) is 31.7 Å². The smallest absolute Gasteiger partial charge is 0.275 e. The molecule has 0 heterocycles. The Kier molecular flexibility index (Phi) is 5.30. The van der Waals surface area contributed by atoms with Crippen LogP contribution in [0.4, 0.5) is 5.69 Å². The summed E-state index contributed by atoms with van der Waals surface area (Å²) in [6.07, 6.45) is 2.10. The molecule has 0 aliphatic carbocycles. The first-order valence-electron chi connectivity index (χ1n) is 5.88. The Bertz CT molecular complexity index is 443. The first-order chi connectivity index (χ1) is 8.50. The van der Waals surface area contributed by atoms with E-state index in [1.807, 2.05) is 0 Å². The molecule has 0 saturated carbocycles. The van der Waals surface area contributed by atoms with Crippen molar-refractivity contribution in [2.24, 2.45) is 0 Å². The zero-order chi connectivity index (χ0) is 13.5. The summed E-state index contributed by atoms with van der Waals surface area (Å²) in [7, 11) is 0. The van der Waals surface area contributed by atoms with Gasteiger partial charge in [-0.05, 0) is 38.8 Å². The van der Waals surface area contributed by atoms with Crippen LogP contribution in [0.3, 0.4) is 0 Å². The topological polar surface area (TPSA) is 69.4 Å². The monoisotopic (exact) mass is 251 g/mol. The number of nitrogens with zero attached hydrogens (tertiary/aromatic N) is 1. The number of nitro benzene ring substituents is 1. The summed E-state index contributed by atoms with van der Waals surface area (Å²) in [4.78, 5) is 21.0. The number of ether oxygens (including phenoxy) is 1. The van der Waals surface area contributed by atoms with Gasteiger partial charge in [0, 0.05) is 12.0 Å². The van der Waals surface area contributed by atoms with E-state index in [1.165, 1.54) is 6.07 Å². The van der Waals surface area contributed by atoms with Gasteiger partial charge in [-0.25, -0.2) is 0 Å². The fraction of sp³-hybridized carbons (Fsp3) is 0.462. The average molecular weight is 251 g/mol. The first kappa shape index (κ1) is 14.2. The lowest BCUT2D eigenvalue weighted by atomic mass is 10.2. The standard InChI is InChI=1S/C13H17NO4/c1-10-6-7-12(9-13(10)14(16)17)18-8-4-3-5-11(2)15/h6-7,9H,3-5,8H2,1-2H3. The van der Waals surface area contributed by atoms with E-state index in [9.17, 15) is 14.9 Å². The highest BCUT2D eigenvalue weighted by Crippen LogP contribution is 2.23. The van der Waals surface area contributed by atoms with E-state index >= 15 is 0 Å². The van der Waals surface area contributed by atoms with Crippen molar-refractivity contribution in [2.45, 2.75) is 33.1 Å². The van der Waals surface area contributed by atoms with Crippen molar-refractivity contribution in [3.63, 3.8) is 0 Å². The lowest BCUT2D eigenvalue weighted by Gasteiger charge is -2.06. The fourth-order valence-corrected chi connectivity index (χ4v) is 1.54. The number of carbonyl (C=O) groups is 1. The predicted molar refractivity (Wildman–Crippen MR) is 67.9 cm³/mol. The lowest BCUT2D eigenvalue weighted by Crippen LogP contribution is -2.00. The summed E-state index contributed by atoms with van der Waals surface area (Å²) in [5, 5.41) is 10.7. The van der Waals surface area contributed by atoms with Crippen molar-refractivity contribution in [3.8, 4) is 5.75 Å². The number of nitro groups is 1. The second kappa shape index (κ2) is 6.74. The first-order valence-corrected chi connectivity index (χ1v) is 5.88. The van der Waals surface area contributed by atoms with Gasteiger partial charge in [-0.2, -0.15) is 0 Å². The molecule has 98 valence electrons. The molecule has 0 spiro atoms. The van der Waals surface area contributed by atoms with Crippen molar-refractivity contribution in [1.82, 2.24) is 0 Å². The Morgan fingerprint density at radius 1 is 1.39 bits per heavy atom. The predicted octanol–water partition coefficient (Wildman–Crippen LogP) is 3.04. The van der Waals surface area contributed by atoms with Gasteiger partial charge < -0.3 is 9.53 Å². The second-order valence-corrected chi connectivity index (χ2v) is 4.21. The number of hydrogen-bond donors (Lipinski definition) is 0. The van der Waals surface area contributed by atoms with Gasteiger partial charge >= 0.3 is 0 Å². The molecule has 18 heavy (non-hydrogen) atoms. The van der Waals surface area contributed by atoms with E-state index in [4.69, 9.17) is 4.74 Å². The number of ketones is 1. The highest BCUT2D eigenvalue weighted by molar-refractivity contribution is 5.75. The van der Waals surface area contributed by atoms with E-state index in [1.54, 1.807) is 26.0 Å². The molecule has 1 rings (SSSR count). The van der Waals surface area contributed by atoms with Crippen LogP contribution >= 0.6 is 0 Å². The number of benzene rings is 1. The number of unbranched alkanes of at least 4 members (excludes halogenated alkanes) is 1. The fourth-order valence-electron chi connectivity index (χ4n) is 1.54. The largest absolute Gasteiger partial charge is 0.493 e. The third-order valence-corrected chi connectivity index (χ3v) is 2.57. The van der Waals surface area contributed by atoms with Crippen molar-refractivity contribution in [2.75, 3.05) is 6.61 Å². The van der Waals surface area contributed by atoms with Crippen molar-refractivity contribution < 1.29 is 14.5 Å². The molecule has 0 fully saturated rings. The molecule has 5 heteroatoms. The zero-order valence-electron chi connectivity index (χ0n) is 10.6. The molecular weight excluding hydrogens is 234 g/mol. The molecular formula is C13H17NO4. The number of aryl methyl sites for hydroxylation is 1. The molecule has 0 saturated heterocycles. The molecule has 1 aromatic rings. The SMILES string of the molecule is CC(=O)CCCCOc1ccc(C)c([N+](=O)[O-])c1.